The number of hydrogen-bond donors (Lipinski definition) is 2. The molecule has 0 bridgehead atoms. The van der Waals surface area contributed by atoms with E-state index in [2.05, 4.69) is 6.92 Å². The summed E-state index contributed by atoms with van der Waals surface area (Å²) in [5.41, 5.74) is 6.34. The Morgan fingerprint density at radius 2 is 2.18 bits per heavy atom. The lowest BCUT2D eigenvalue weighted by Crippen LogP contribution is -2.20. The average molecular weight is 255 g/mol. The first-order valence-corrected chi connectivity index (χ1v) is 7.12. The van der Waals surface area contributed by atoms with Gasteiger partial charge in [-0.15, -0.1) is 0 Å². The molecule has 0 aliphatic rings. The summed E-state index contributed by atoms with van der Waals surface area (Å²) in [6, 6.07) is 7.33. The summed E-state index contributed by atoms with van der Waals surface area (Å²) in [5, 5.41) is 9.71. The van der Waals surface area contributed by atoms with Gasteiger partial charge in [0.15, 0.2) is 0 Å². The second kappa shape index (κ2) is 8.25. The zero-order valence-electron chi connectivity index (χ0n) is 10.3. The van der Waals surface area contributed by atoms with E-state index >= 15 is 0 Å². The zero-order chi connectivity index (χ0) is 12.5. The van der Waals surface area contributed by atoms with Crippen LogP contribution in [0.15, 0.2) is 24.3 Å². The molecule has 17 heavy (non-hydrogen) atoms. The van der Waals surface area contributed by atoms with E-state index in [-0.39, 0.29) is 0 Å². The van der Waals surface area contributed by atoms with Crippen molar-refractivity contribution in [3.05, 3.63) is 24.3 Å². The fourth-order valence-corrected chi connectivity index (χ4v) is 2.34. The van der Waals surface area contributed by atoms with Crippen LogP contribution in [0.5, 0.6) is 5.75 Å². The van der Waals surface area contributed by atoms with Crippen molar-refractivity contribution in [2.45, 2.75) is 25.9 Å². The molecule has 1 atom stereocenters. The Kier molecular flexibility index (Phi) is 6.89. The van der Waals surface area contributed by atoms with Gasteiger partial charge in [0.2, 0.25) is 0 Å². The van der Waals surface area contributed by atoms with Crippen molar-refractivity contribution in [2.24, 2.45) is 0 Å². The third-order valence-electron chi connectivity index (χ3n) is 2.30. The highest BCUT2D eigenvalue weighted by Crippen LogP contribution is 2.20. The van der Waals surface area contributed by atoms with E-state index in [0.717, 1.165) is 5.75 Å². The molecule has 0 amide bonds. The van der Waals surface area contributed by atoms with Gasteiger partial charge in [0.25, 0.3) is 0 Å². The van der Waals surface area contributed by atoms with Crippen LogP contribution in [0.25, 0.3) is 0 Å². The molecular formula is C13H21NO2S. The molecule has 4 heteroatoms. The summed E-state index contributed by atoms with van der Waals surface area (Å²) in [6.07, 6.45) is 1.96. The molecule has 3 N–H and O–H groups in total. The number of unbranched alkanes of at least 4 members (excludes halogenated alkanes) is 1. The molecule has 0 aromatic heterocycles. The fourth-order valence-electron chi connectivity index (χ4n) is 1.31. The van der Waals surface area contributed by atoms with Gasteiger partial charge in [-0.2, -0.15) is 11.8 Å². The molecule has 0 spiro atoms. The molecular weight excluding hydrogens is 234 g/mol. The summed E-state index contributed by atoms with van der Waals surface area (Å²) in [6.45, 7) is 2.46. The number of rotatable bonds is 8. The minimum Gasteiger partial charge on any atom is -0.489 e. The standard InChI is InChI=1S/C13H21NO2S/c1-2-3-8-17-10-11(15)9-16-13-7-5-4-6-12(13)14/h4-7,11,15H,2-3,8-10,14H2,1H3. The van der Waals surface area contributed by atoms with Crippen molar-refractivity contribution in [1.82, 2.24) is 0 Å². The number of nitrogen functional groups attached to an aromatic ring is 1. The van der Waals surface area contributed by atoms with E-state index in [1.807, 2.05) is 18.2 Å². The van der Waals surface area contributed by atoms with E-state index in [0.29, 0.717) is 23.8 Å². The van der Waals surface area contributed by atoms with E-state index in [1.165, 1.54) is 12.8 Å². The topological polar surface area (TPSA) is 55.5 Å². The molecule has 1 unspecified atom stereocenters. The van der Waals surface area contributed by atoms with Gasteiger partial charge in [0, 0.05) is 5.75 Å². The minimum atomic E-state index is -0.434. The largest absolute Gasteiger partial charge is 0.489 e. The first-order valence-electron chi connectivity index (χ1n) is 5.97. The van der Waals surface area contributed by atoms with Gasteiger partial charge < -0.3 is 15.6 Å². The van der Waals surface area contributed by atoms with Crippen molar-refractivity contribution < 1.29 is 9.84 Å². The number of benzene rings is 1. The van der Waals surface area contributed by atoms with Crippen LogP contribution < -0.4 is 10.5 Å². The van der Waals surface area contributed by atoms with Crippen LogP contribution in [0, 0.1) is 0 Å². The molecule has 1 aromatic carbocycles. The highest BCUT2D eigenvalue weighted by atomic mass is 32.2. The Morgan fingerprint density at radius 1 is 1.41 bits per heavy atom. The van der Waals surface area contributed by atoms with Crippen LogP contribution in [0.1, 0.15) is 19.8 Å². The Morgan fingerprint density at radius 3 is 2.88 bits per heavy atom. The van der Waals surface area contributed by atoms with Gasteiger partial charge in [0.05, 0.1) is 11.8 Å². The maximum atomic E-state index is 9.71. The highest BCUT2D eigenvalue weighted by molar-refractivity contribution is 7.99. The summed E-state index contributed by atoms with van der Waals surface area (Å²) in [4.78, 5) is 0. The summed E-state index contributed by atoms with van der Waals surface area (Å²) in [5.74, 6) is 2.46. The van der Waals surface area contributed by atoms with Crippen molar-refractivity contribution in [1.29, 1.82) is 0 Å². The number of anilines is 1. The van der Waals surface area contributed by atoms with Crippen molar-refractivity contribution in [3.63, 3.8) is 0 Å². The van der Waals surface area contributed by atoms with E-state index in [4.69, 9.17) is 10.5 Å². The number of nitrogens with two attached hydrogens (primary N) is 1. The maximum Gasteiger partial charge on any atom is 0.142 e. The second-order valence-corrected chi connectivity index (χ2v) is 5.08. The van der Waals surface area contributed by atoms with Crippen LogP contribution in [0.3, 0.4) is 0 Å². The molecule has 96 valence electrons. The first-order chi connectivity index (χ1) is 8.24. The highest BCUT2D eigenvalue weighted by Gasteiger charge is 2.06. The second-order valence-electron chi connectivity index (χ2n) is 3.93. The van der Waals surface area contributed by atoms with E-state index in [1.54, 1.807) is 17.8 Å². The summed E-state index contributed by atoms with van der Waals surface area (Å²) >= 11 is 1.76. The SMILES string of the molecule is CCCCSCC(O)COc1ccccc1N. The Balaban J connectivity index is 2.19. The van der Waals surface area contributed by atoms with Gasteiger partial charge >= 0.3 is 0 Å². The summed E-state index contributed by atoms with van der Waals surface area (Å²) < 4.78 is 5.47. The van der Waals surface area contributed by atoms with Crippen molar-refractivity contribution >= 4 is 17.4 Å². The van der Waals surface area contributed by atoms with Gasteiger partial charge in [-0.1, -0.05) is 25.5 Å². The number of para-hydroxylation sites is 2. The molecule has 0 saturated heterocycles. The predicted molar refractivity (Wildman–Crippen MR) is 74.6 cm³/mol. The Bertz CT molecular complexity index is 320. The van der Waals surface area contributed by atoms with Crippen LogP contribution >= 0.6 is 11.8 Å². The molecule has 1 rings (SSSR count). The number of aliphatic hydroxyl groups is 1. The molecule has 1 aromatic rings. The van der Waals surface area contributed by atoms with Crippen LogP contribution in [0.2, 0.25) is 0 Å². The van der Waals surface area contributed by atoms with Crippen LogP contribution in [0.4, 0.5) is 5.69 Å². The van der Waals surface area contributed by atoms with E-state index in [9.17, 15) is 5.11 Å². The predicted octanol–water partition coefficient (Wildman–Crippen LogP) is 2.54. The molecule has 3 nitrogen and oxygen atoms in total. The van der Waals surface area contributed by atoms with Crippen molar-refractivity contribution in [3.8, 4) is 5.75 Å². The lowest BCUT2D eigenvalue weighted by molar-refractivity contribution is 0.127. The fraction of sp³-hybridized carbons (Fsp3) is 0.538. The van der Waals surface area contributed by atoms with Crippen LogP contribution in [-0.2, 0) is 0 Å². The number of hydrogen-bond acceptors (Lipinski definition) is 4. The maximum absolute atomic E-state index is 9.71. The molecule has 0 heterocycles. The lowest BCUT2D eigenvalue weighted by atomic mass is 10.3. The molecule has 0 saturated carbocycles. The third kappa shape index (κ3) is 5.84. The number of ether oxygens (including phenoxy) is 1. The Labute approximate surface area is 107 Å². The normalized spacial score (nSPS) is 12.4. The lowest BCUT2D eigenvalue weighted by Gasteiger charge is -2.13. The minimum absolute atomic E-state index is 0.299. The van der Waals surface area contributed by atoms with Gasteiger partial charge in [0.1, 0.15) is 12.4 Å². The third-order valence-corrected chi connectivity index (χ3v) is 3.50. The quantitative estimate of drug-likeness (QED) is 0.553. The van der Waals surface area contributed by atoms with Crippen molar-refractivity contribution in [2.75, 3.05) is 23.8 Å². The molecule has 0 radical (unpaired) electrons. The number of aliphatic hydroxyl groups excluding tert-OH is 1. The number of thioether (sulfide) groups is 1. The van der Waals surface area contributed by atoms with Gasteiger partial charge in [-0.05, 0) is 24.3 Å². The van der Waals surface area contributed by atoms with Gasteiger partial charge in [-0.25, -0.2) is 0 Å². The van der Waals surface area contributed by atoms with Gasteiger partial charge in [-0.3, -0.25) is 0 Å². The Hall–Kier alpha value is -0.870. The smallest absolute Gasteiger partial charge is 0.142 e. The molecule has 0 aliphatic heterocycles. The average Bonchev–Trinajstić information content (AvgIpc) is 2.34. The molecule has 0 fully saturated rings. The monoisotopic (exact) mass is 255 g/mol. The first kappa shape index (κ1) is 14.2. The van der Waals surface area contributed by atoms with E-state index < -0.39 is 6.10 Å². The molecule has 0 aliphatic carbocycles. The summed E-state index contributed by atoms with van der Waals surface area (Å²) in [7, 11) is 0. The zero-order valence-corrected chi connectivity index (χ0v) is 11.1. The van der Waals surface area contributed by atoms with Crippen LogP contribution in [-0.4, -0.2) is 29.3 Å².